The second-order valence-electron chi connectivity index (χ2n) is 9.16. The number of nitrogens with zero attached hydrogens (tertiary/aromatic N) is 3. The van der Waals surface area contributed by atoms with Gasteiger partial charge in [0, 0.05) is 49.4 Å². The van der Waals surface area contributed by atoms with Gasteiger partial charge in [-0.1, -0.05) is 60.7 Å². The summed E-state index contributed by atoms with van der Waals surface area (Å²) in [5, 5.41) is 17.3. The monoisotopic (exact) mass is 527 g/mol. The van der Waals surface area contributed by atoms with Crippen molar-refractivity contribution in [2.45, 2.75) is 38.3 Å². The van der Waals surface area contributed by atoms with Gasteiger partial charge in [0.2, 0.25) is 17.7 Å². The number of rotatable bonds is 14. The summed E-state index contributed by atoms with van der Waals surface area (Å²) in [6.07, 6.45) is 4.69. The van der Waals surface area contributed by atoms with Gasteiger partial charge in [0.15, 0.2) is 0 Å². The zero-order chi connectivity index (χ0) is 27.5. The van der Waals surface area contributed by atoms with Crippen LogP contribution in [-0.2, 0) is 29.0 Å². The molecule has 1 atom stereocenters. The molecule has 0 fully saturated rings. The summed E-state index contributed by atoms with van der Waals surface area (Å²) in [4.78, 5) is 28.7. The highest BCUT2D eigenvalue weighted by atomic mass is 16.5. The molecule has 4 N–H and O–H groups in total. The number of primary amides is 1. The minimum atomic E-state index is -0.786. The molecule has 2 aromatic heterocycles. The number of hydrogen-bond donors (Lipinski definition) is 3. The maximum Gasteiger partial charge on any atom is 0.240 e. The third-order valence-corrected chi connectivity index (χ3v) is 6.22. The highest BCUT2D eigenvalue weighted by Crippen LogP contribution is 2.31. The lowest BCUT2D eigenvalue weighted by Gasteiger charge is -2.16. The fourth-order valence-electron chi connectivity index (χ4n) is 4.32. The van der Waals surface area contributed by atoms with Crippen molar-refractivity contribution in [1.82, 2.24) is 20.1 Å². The maximum atomic E-state index is 12.6. The first-order valence-electron chi connectivity index (χ1n) is 13.0. The fraction of sp³-hybridized carbons (Fsp3) is 0.267. The summed E-state index contributed by atoms with van der Waals surface area (Å²) in [5.41, 5.74) is 9.80. The molecule has 0 aliphatic carbocycles. The number of nitrogens with one attached hydrogen (secondary N) is 1. The summed E-state index contributed by atoms with van der Waals surface area (Å²) in [6.45, 7) is 0.660. The number of benzene rings is 2. The largest absolute Gasteiger partial charge is 0.478 e. The highest BCUT2D eigenvalue weighted by Gasteiger charge is 2.22. The molecule has 9 heteroatoms. The van der Waals surface area contributed by atoms with Gasteiger partial charge >= 0.3 is 0 Å². The molecule has 0 saturated carbocycles. The van der Waals surface area contributed by atoms with Gasteiger partial charge in [0.05, 0.1) is 13.2 Å². The van der Waals surface area contributed by atoms with Crippen molar-refractivity contribution in [3.8, 4) is 17.1 Å². The standard InChI is InChI=1S/C30H33N5O4/c31-29(38)26(19-22-9-3-1-4-10-22)33-27(37)14-8-18-39-30-25(15-17-36)28(24-13-7-16-32-20-24)34-35(30)21-23-11-5-2-6-12-23/h1-7,9-13,16,20,26,36H,8,14-15,17-19,21H2,(H2,31,38)(H,33,37)/t26-/m0/s1. The summed E-state index contributed by atoms with van der Waals surface area (Å²) >= 11 is 0. The van der Waals surface area contributed by atoms with Gasteiger partial charge in [-0.2, -0.15) is 5.10 Å². The Bertz CT molecular complexity index is 1340. The zero-order valence-electron chi connectivity index (χ0n) is 21.7. The molecule has 4 rings (SSSR count). The zero-order valence-corrected chi connectivity index (χ0v) is 21.7. The fourth-order valence-corrected chi connectivity index (χ4v) is 4.32. The summed E-state index contributed by atoms with van der Waals surface area (Å²) in [7, 11) is 0. The highest BCUT2D eigenvalue weighted by molar-refractivity contribution is 5.86. The molecule has 39 heavy (non-hydrogen) atoms. The van der Waals surface area contributed by atoms with Gasteiger partial charge in [0.25, 0.3) is 0 Å². The van der Waals surface area contributed by atoms with E-state index >= 15 is 0 Å². The number of amides is 2. The number of nitrogens with two attached hydrogens (primary N) is 1. The van der Waals surface area contributed by atoms with Crippen LogP contribution in [0, 0.1) is 0 Å². The molecule has 0 unspecified atom stereocenters. The predicted octanol–water partition coefficient (Wildman–Crippen LogP) is 2.90. The van der Waals surface area contributed by atoms with E-state index in [1.54, 1.807) is 17.1 Å². The third-order valence-electron chi connectivity index (χ3n) is 6.22. The number of carbonyl (C=O) groups is 2. The van der Waals surface area contributed by atoms with Crippen LogP contribution in [-0.4, -0.2) is 50.9 Å². The Kier molecular flexibility index (Phi) is 9.80. The second-order valence-corrected chi connectivity index (χ2v) is 9.16. The molecule has 0 bridgehead atoms. The van der Waals surface area contributed by atoms with Gasteiger partial charge in [0.1, 0.15) is 11.7 Å². The van der Waals surface area contributed by atoms with Crippen LogP contribution in [0.3, 0.4) is 0 Å². The Hall–Kier alpha value is -4.50. The number of aliphatic hydroxyl groups is 1. The van der Waals surface area contributed by atoms with Gasteiger partial charge in [-0.05, 0) is 29.7 Å². The van der Waals surface area contributed by atoms with Crippen molar-refractivity contribution in [1.29, 1.82) is 0 Å². The Labute approximate surface area is 227 Å². The average molecular weight is 528 g/mol. The van der Waals surface area contributed by atoms with Crippen molar-refractivity contribution < 1.29 is 19.4 Å². The first kappa shape index (κ1) is 27.5. The van der Waals surface area contributed by atoms with E-state index in [-0.39, 0.29) is 25.5 Å². The second kappa shape index (κ2) is 13.9. The van der Waals surface area contributed by atoms with Gasteiger partial charge in [-0.25, -0.2) is 4.68 Å². The van der Waals surface area contributed by atoms with Crippen LogP contribution in [0.4, 0.5) is 0 Å². The first-order valence-corrected chi connectivity index (χ1v) is 13.0. The van der Waals surface area contributed by atoms with Crippen molar-refractivity contribution >= 4 is 11.8 Å². The number of carbonyl (C=O) groups excluding carboxylic acids is 2. The Balaban J connectivity index is 1.44. The minimum absolute atomic E-state index is 0.0705. The van der Waals surface area contributed by atoms with Crippen molar-refractivity contribution in [3.05, 3.63) is 102 Å². The average Bonchev–Trinajstić information content (AvgIpc) is 3.29. The van der Waals surface area contributed by atoms with Gasteiger partial charge in [-0.3, -0.25) is 14.6 Å². The predicted molar refractivity (Wildman–Crippen MR) is 148 cm³/mol. The molecule has 0 aliphatic rings. The van der Waals surface area contributed by atoms with E-state index in [0.717, 1.165) is 22.3 Å². The van der Waals surface area contributed by atoms with Crippen LogP contribution < -0.4 is 15.8 Å². The summed E-state index contributed by atoms with van der Waals surface area (Å²) < 4.78 is 7.97. The Morgan fingerprint density at radius 2 is 1.72 bits per heavy atom. The minimum Gasteiger partial charge on any atom is -0.478 e. The Morgan fingerprint density at radius 1 is 1.00 bits per heavy atom. The normalized spacial score (nSPS) is 11.6. The van der Waals surface area contributed by atoms with Crippen LogP contribution in [0.2, 0.25) is 0 Å². The van der Waals surface area contributed by atoms with Crippen LogP contribution in [0.15, 0.2) is 85.2 Å². The van der Waals surface area contributed by atoms with E-state index in [4.69, 9.17) is 15.6 Å². The molecule has 2 heterocycles. The van der Waals surface area contributed by atoms with Crippen LogP contribution in [0.25, 0.3) is 11.3 Å². The molecule has 4 aromatic rings. The van der Waals surface area contributed by atoms with Gasteiger partial charge in [-0.15, -0.1) is 0 Å². The molecule has 9 nitrogen and oxygen atoms in total. The molecular weight excluding hydrogens is 494 g/mol. The van der Waals surface area contributed by atoms with Crippen molar-refractivity contribution in [3.63, 3.8) is 0 Å². The molecule has 0 radical (unpaired) electrons. The maximum absolute atomic E-state index is 12.6. The summed E-state index contributed by atoms with van der Waals surface area (Å²) in [6, 6.07) is 22.3. The smallest absolute Gasteiger partial charge is 0.240 e. The number of ether oxygens (including phenoxy) is 1. The summed E-state index contributed by atoms with van der Waals surface area (Å²) in [5.74, 6) is -0.307. The molecule has 2 amide bonds. The quantitative estimate of drug-likeness (QED) is 0.216. The van der Waals surface area contributed by atoms with E-state index in [9.17, 15) is 14.7 Å². The van der Waals surface area contributed by atoms with Crippen LogP contribution in [0.5, 0.6) is 5.88 Å². The number of aromatic nitrogens is 3. The molecule has 202 valence electrons. The van der Waals surface area contributed by atoms with E-state index in [1.807, 2.05) is 72.8 Å². The van der Waals surface area contributed by atoms with E-state index in [1.165, 1.54) is 0 Å². The SMILES string of the molecule is NC(=O)[C@H](Cc1ccccc1)NC(=O)CCCOc1c(CCO)c(-c2cccnc2)nn1Cc1ccccc1. The number of hydrogen-bond acceptors (Lipinski definition) is 6. The molecular formula is C30H33N5O4. The van der Waals surface area contributed by atoms with Crippen molar-refractivity contribution in [2.75, 3.05) is 13.2 Å². The lowest BCUT2D eigenvalue weighted by molar-refractivity contribution is -0.127. The number of pyridine rings is 1. The third kappa shape index (κ3) is 7.75. The molecule has 0 saturated heterocycles. The van der Waals surface area contributed by atoms with Gasteiger partial charge < -0.3 is 20.9 Å². The lowest BCUT2D eigenvalue weighted by atomic mass is 10.1. The van der Waals surface area contributed by atoms with E-state index < -0.39 is 11.9 Å². The molecule has 0 spiro atoms. The molecule has 2 aromatic carbocycles. The van der Waals surface area contributed by atoms with Crippen LogP contribution >= 0.6 is 0 Å². The Morgan fingerprint density at radius 3 is 2.36 bits per heavy atom. The lowest BCUT2D eigenvalue weighted by Crippen LogP contribution is -2.45. The molecule has 0 aliphatic heterocycles. The van der Waals surface area contributed by atoms with Crippen molar-refractivity contribution in [2.24, 2.45) is 5.73 Å². The number of aliphatic hydroxyl groups excluding tert-OH is 1. The van der Waals surface area contributed by atoms with E-state index in [0.29, 0.717) is 37.4 Å². The first-order chi connectivity index (χ1) is 19.0. The topological polar surface area (TPSA) is 132 Å². The van der Waals surface area contributed by atoms with Crippen LogP contribution in [0.1, 0.15) is 29.5 Å². The van der Waals surface area contributed by atoms with E-state index in [2.05, 4.69) is 10.3 Å².